The normalized spacial score (nSPS) is 11.0. The van der Waals surface area contributed by atoms with Gasteiger partial charge >= 0.3 is 10.0 Å². The predicted octanol–water partition coefficient (Wildman–Crippen LogP) is 2.24. The molecule has 0 N–H and O–H groups in total. The fourth-order valence-corrected chi connectivity index (χ4v) is 3.02. The third-order valence-electron chi connectivity index (χ3n) is 3.27. The van der Waals surface area contributed by atoms with Crippen molar-refractivity contribution in [2.45, 2.75) is 6.92 Å². The van der Waals surface area contributed by atoms with Crippen molar-refractivity contribution in [3.8, 4) is 0 Å². The largest absolute Gasteiger partial charge is 0.305 e. The lowest BCUT2D eigenvalue weighted by Gasteiger charge is -2.17. The zero-order valence-electron chi connectivity index (χ0n) is 12.2. The number of hydrogen-bond donors (Lipinski definition) is 0. The van der Waals surface area contributed by atoms with E-state index in [2.05, 4.69) is 0 Å². The first-order valence-electron chi connectivity index (χ1n) is 6.54. The number of amides is 1. The Bertz CT molecular complexity index is 813. The summed E-state index contributed by atoms with van der Waals surface area (Å²) in [5.74, 6) is -0.748. The minimum atomic E-state index is -4.42. The van der Waals surface area contributed by atoms with Gasteiger partial charge in [-0.15, -0.1) is 0 Å². The molecule has 0 heterocycles. The van der Waals surface area contributed by atoms with Crippen molar-refractivity contribution in [1.82, 2.24) is 4.31 Å². The maximum atomic E-state index is 12.4. The van der Waals surface area contributed by atoms with Gasteiger partial charge in [0, 0.05) is 18.2 Å². The Morgan fingerprint density at radius 1 is 0.909 bits per heavy atom. The molecule has 0 saturated heterocycles. The molecular formula is C16H15NO4S. The molecule has 0 bridgehead atoms. The third-order valence-corrected chi connectivity index (χ3v) is 4.84. The molecule has 0 aromatic heterocycles. The lowest BCUT2D eigenvalue weighted by atomic mass is 10.1. The summed E-state index contributed by atoms with van der Waals surface area (Å²) in [6.45, 7) is 1.64. The highest BCUT2D eigenvalue weighted by atomic mass is 32.2. The predicted molar refractivity (Wildman–Crippen MR) is 83.0 cm³/mol. The minimum absolute atomic E-state index is 0.0650. The summed E-state index contributed by atoms with van der Waals surface area (Å²) < 4.78 is 25.2. The number of carbonyl (C=O) groups excluding carboxylic acids is 2. The average molecular weight is 317 g/mol. The van der Waals surface area contributed by atoms with E-state index in [1.54, 1.807) is 43.3 Å². The maximum absolute atomic E-state index is 12.4. The number of carbonyl (C=O) groups is 2. The van der Waals surface area contributed by atoms with E-state index in [0.717, 1.165) is 7.05 Å². The van der Waals surface area contributed by atoms with Gasteiger partial charge in [0.05, 0.1) is 0 Å². The van der Waals surface area contributed by atoms with Crippen molar-refractivity contribution in [3.05, 3.63) is 71.3 Å². The summed E-state index contributed by atoms with van der Waals surface area (Å²) in [6.07, 6.45) is 0. The van der Waals surface area contributed by atoms with E-state index in [1.165, 1.54) is 18.2 Å². The van der Waals surface area contributed by atoms with Crippen LogP contribution in [-0.4, -0.2) is 30.8 Å². The van der Waals surface area contributed by atoms with Gasteiger partial charge in [-0.3, -0.25) is 9.59 Å². The lowest BCUT2D eigenvalue weighted by Crippen LogP contribution is -2.38. The van der Waals surface area contributed by atoms with Crippen LogP contribution in [0.1, 0.15) is 26.3 Å². The van der Waals surface area contributed by atoms with Gasteiger partial charge in [-0.25, -0.2) is 4.31 Å². The van der Waals surface area contributed by atoms with Crippen molar-refractivity contribution in [2.24, 2.45) is 0 Å². The Balaban J connectivity index is 2.36. The van der Waals surface area contributed by atoms with Crippen LogP contribution in [0.15, 0.2) is 54.6 Å². The zero-order chi connectivity index (χ0) is 16.3. The van der Waals surface area contributed by atoms with Crippen LogP contribution in [0.2, 0.25) is 0 Å². The van der Waals surface area contributed by atoms with Gasteiger partial charge < -0.3 is 0 Å². The van der Waals surface area contributed by atoms with E-state index in [4.69, 9.17) is 0 Å². The number of hydrogen-bond acceptors (Lipinski definition) is 4. The smallest absolute Gasteiger partial charge is 0.274 e. The Kier molecular flexibility index (Phi) is 4.42. The van der Waals surface area contributed by atoms with Crippen molar-refractivity contribution in [2.75, 3.05) is 7.05 Å². The third kappa shape index (κ3) is 2.92. The first-order valence-corrected chi connectivity index (χ1v) is 7.98. The second-order valence-electron chi connectivity index (χ2n) is 4.75. The van der Waals surface area contributed by atoms with Crippen LogP contribution in [0.4, 0.5) is 0 Å². The van der Waals surface area contributed by atoms with Crippen LogP contribution in [0, 0.1) is 6.92 Å². The van der Waals surface area contributed by atoms with Crippen molar-refractivity contribution < 1.29 is 18.0 Å². The number of aryl methyl sites for hydroxylation is 1. The van der Waals surface area contributed by atoms with Gasteiger partial charge in [-0.2, -0.15) is 8.42 Å². The van der Waals surface area contributed by atoms with Gasteiger partial charge in [0.25, 0.3) is 11.0 Å². The van der Waals surface area contributed by atoms with Gasteiger partial charge in [0.2, 0.25) is 0 Å². The molecule has 0 atom stereocenters. The summed E-state index contributed by atoms with van der Waals surface area (Å²) in [7, 11) is -3.33. The first kappa shape index (κ1) is 15.9. The molecule has 6 heteroatoms. The van der Waals surface area contributed by atoms with Crippen LogP contribution in [0.3, 0.4) is 0 Å². The zero-order valence-corrected chi connectivity index (χ0v) is 13.0. The fourth-order valence-electron chi connectivity index (χ4n) is 1.94. The SMILES string of the molecule is Cc1ccccc1C(=O)S(=O)(=O)N(C)C(=O)c1ccccc1. The van der Waals surface area contributed by atoms with Crippen molar-refractivity contribution in [3.63, 3.8) is 0 Å². The topological polar surface area (TPSA) is 71.5 Å². The lowest BCUT2D eigenvalue weighted by molar-refractivity contribution is 0.0872. The molecule has 0 spiro atoms. The van der Waals surface area contributed by atoms with Crippen molar-refractivity contribution in [1.29, 1.82) is 0 Å². The fraction of sp³-hybridized carbons (Fsp3) is 0.125. The summed E-state index contributed by atoms with van der Waals surface area (Å²) in [4.78, 5) is 24.5. The maximum Gasteiger partial charge on any atom is 0.305 e. The van der Waals surface area contributed by atoms with Crippen molar-refractivity contribution >= 4 is 21.0 Å². The standard InChI is InChI=1S/C16H15NO4S/c1-12-8-6-7-11-14(12)16(19)22(20,21)17(2)15(18)13-9-4-3-5-10-13/h3-11H,1-2H3. The Labute approximate surface area is 129 Å². The van der Waals surface area contributed by atoms with E-state index in [9.17, 15) is 18.0 Å². The van der Waals surface area contributed by atoms with Crippen LogP contribution < -0.4 is 0 Å². The molecule has 114 valence electrons. The first-order chi connectivity index (χ1) is 10.4. The van der Waals surface area contributed by atoms with E-state index in [1.807, 2.05) is 0 Å². The molecule has 0 aliphatic rings. The van der Waals surface area contributed by atoms with E-state index in [0.29, 0.717) is 9.87 Å². The number of rotatable bonds is 2. The second-order valence-corrected chi connectivity index (χ2v) is 6.61. The number of sulfonamides is 1. The molecule has 5 nitrogen and oxygen atoms in total. The molecular weight excluding hydrogens is 302 g/mol. The molecule has 1 amide bonds. The quantitative estimate of drug-likeness (QED) is 0.851. The molecule has 2 aromatic carbocycles. The van der Waals surface area contributed by atoms with Gasteiger partial charge in [-0.05, 0) is 30.7 Å². The minimum Gasteiger partial charge on any atom is -0.274 e. The van der Waals surface area contributed by atoms with Crippen LogP contribution >= 0.6 is 0 Å². The highest BCUT2D eigenvalue weighted by Gasteiger charge is 2.33. The van der Waals surface area contributed by atoms with Gasteiger partial charge in [0.1, 0.15) is 0 Å². The highest BCUT2D eigenvalue weighted by molar-refractivity contribution is 8.05. The monoisotopic (exact) mass is 317 g/mol. The van der Waals surface area contributed by atoms with Crippen LogP contribution in [0.5, 0.6) is 0 Å². The van der Waals surface area contributed by atoms with E-state index in [-0.39, 0.29) is 11.1 Å². The van der Waals surface area contributed by atoms with Gasteiger partial charge in [0.15, 0.2) is 0 Å². The molecule has 22 heavy (non-hydrogen) atoms. The second kappa shape index (κ2) is 6.11. The molecule has 0 saturated carbocycles. The average Bonchev–Trinajstić information content (AvgIpc) is 2.54. The summed E-state index contributed by atoms with van der Waals surface area (Å²) in [6, 6.07) is 14.3. The Hall–Kier alpha value is -2.47. The molecule has 2 rings (SSSR count). The molecule has 0 aliphatic heterocycles. The number of benzene rings is 2. The van der Waals surface area contributed by atoms with E-state index < -0.39 is 21.0 Å². The highest BCUT2D eigenvalue weighted by Crippen LogP contribution is 2.16. The molecule has 2 aromatic rings. The molecule has 0 radical (unpaired) electrons. The van der Waals surface area contributed by atoms with Crippen LogP contribution in [0.25, 0.3) is 0 Å². The van der Waals surface area contributed by atoms with Crippen LogP contribution in [-0.2, 0) is 10.0 Å². The van der Waals surface area contributed by atoms with Gasteiger partial charge in [-0.1, -0.05) is 36.4 Å². The molecule has 0 aliphatic carbocycles. The summed E-state index contributed by atoms with van der Waals surface area (Å²) in [5.41, 5.74) is 0.804. The number of nitrogens with zero attached hydrogens (tertiary/aromatic N) is 1. The molecule has 0 fully saturated rings. The molecule has 0 unspecified atom stereocenters. The summed E-state index contributed by atoms with van der Waals surface area (Å²) >= 11 is 0. The summed E-state index contributed by atoms with van der Waals surface area (Å²) in [5, 5.41) is -1.09. The Morgan fingerprint density at radius 2 is 1.45 bits per heavy atom. The van der Waals surface area contributed by atoms with E-state index >= 15 is 0 Å². The Morgan fingerprint density at radius 3 is 2.05 bits per heavy atom.